The Labute approximate surface area is 163 Å². The molecule has 0 radical (unpaired) electrons. The Balaban J connectivity index is 1.90. The van der Waals surface area contributed by atoms with Gasteiger partial charge in [-0.3, -0.25) is 9.59 Å². The highest BCUT2D eigenvalue weighted by Gasteiger charge is 2.20. The second kappa shape index (κ2) is 10.2. The number of benzene rings is 2. The van der Waals surface area contributed by atoms with Crippen LogP contribution < -0.4 is 10.6 Å². The quantitative estimate of drug-likeness (QED) is 0.658. The Hall–Kier alpha value is -1.98. The fraction of sp³-hybridized carbons (Fsp3) is 0.333. The molecule has 138 valence electrons. The first-order chi connectivity index (χ1) is 12.5. The maximum Gasteiger partial charge on any atom is 0.275 e. The zero-order chi connectivity index (χ0) is 18.9. The van der Waals surface area contributed by atoms with Crippen LogP contribution in [0, 0.1) is 0 Å². The lowest BCUT2D eigenvalue weighted by Crippen LogP contribution is -2.87. The van der Waals surface area contributed by atoms with Gasteiger partial charge < -0.3 is 10.6 Å². The third-order valence-corrected chi connectivity index (χ3v) is 4.96. The van der Waals surface area contributed by atoms with E-state index in [9.17, 15) is 9.59 Å². The minimum absolute atomic E-state index is 0.0258. The minimum Gasteiger partial charge on any atom is -0.341 e. The molecule has 0 aliphatic carbocycles. The summed E-state index contributed by atoms with van der Waals surface area (Å²) in [6.07, 6.45) is 1.45. The maximum atomic E-state index is 12.4. The summed E-state index contributed by atoms with van der Waals surface area (Å²) in [6, 6.07) is 17.6. The van der Waals surface area contributed by atoms with E-state index in [1.807, 2.05) is 47.8 Å². The van der Waals surface area contributed by atoms with Gasteiger partial charge in [-0.15, -0.1) is 0 Å². The molecule has 0 unspecified atom stereocenters. The number of nitrogens with two attached hydrogens (primary N) is 1. The lowest BCUT2D eigenvalue weighted by Gasteiger charge is -2.18. The van der Waals surface area contributed by atoms with Gasteiger partial charge in [0, 0.05) is 16.5 Å². The van der Waals surface area contributed by atoms with Crippen LogP contribution in [0.5, 0.6) is 0 Å². The van der Waals surface area contributed by atoms with Crippen LogP contribution in [0.2, 0.25) is 0 Å². The third kappa shape index (κ3) is 6.39. The number of rotatable bonds is 9. The molecule has 0 aliphatic rings. The smallest absolute Gasteiger partial charge is 0.275 e. The molecule has 2 atom stereocenters. The second-order valence-corrected chi connectivity index (χ2v) is 7.34. The lowest BCUT2D eigenvalue weighted by atomic mass is 10.0. The van der Waals surface area contributed by atoms with Crippen molar-refractivity contribution in [2.75, 3.05) is 6.54 Å². The van der Waals surface area contributed by atoms with E-state index in [1.165, 1.54) is 12.5 Å². The van der Waals surface area contributed by atoms with Crippen LogP contribution in [-0.2, 0) is 16.0 Å². The fourth-order valence-electron chi connectivity index (χ4n) is 2.90. The topological polar surface area (TPSA) is 62.8 Å². The molecule has 0 bridgehead atoms. The van der Waals surface area contributed by atoms with Gasteiger partial charge >= 0.3 is 0 Å². The summed E-state index contributed by atoms with van der Waals surface area (Å²) in [4.78, 5) is 24.3. The van der Waals surface area contributed by atoms with Gasteiger partial charge in [0.25, 0.3) is 5.91 Å². The number of hydrogen-bond acceptors (Lipinski definition) is 2. The summed E-state index contributed by atoms with van der Waals surface area (Å²) in [6.45, 7) is 3.93. The van der Waals surface area contributed by atoms with E-state index in [2.05, 4.69) is 40.3 Å². The predicted octanol–water partition coefficient (Wildman–Crippen LogP) is 2.78. The zero-order valence-electron chi connectivity index (χ0n) is 15.2. The normalized spacial score (nSPS) is 13.0. The minimum atomic E-state index is -0.481. The molecule has 0 saturated heterocycles. The third-order valence-electron chi connectivity index (χ3n) is 4.43. The molecular weight excluding hydrogens is 392 g/mol. The average Bonchev–Trinajstić information content (AvgIpc) is 2.64. The highest BCUT2D eigenvalue weighted by Crippen LogP contribution is 2.16. The van der Waals surface area contributed by atoms with Gasteiger partial charge in [-0.05, 0) is 31.0 Å². The highest BCUT2D eigenvalue weighted by molar-refractivity contribution is 9.10. The van der Waals surface area contributed by atoms with Gasteiger partial charge in [0.1, 0.15) is 6.04 Å². The molecule has 0 saturated carbocycles. The fourth-order valence-corrected chi connectivity index (χ4v) is 3.16. The first kappa shape index (κ1) is 20.3. The Morgan fingerprint density at radius 3 is 2.31 bits per heavy atom. The largest absolute Gasteiger partial charge is 0.341 e. The molecule has 2 aromatic carbocycles. The number of halogens is 1. The summed E-state index contributed by atoms with van der Waals surface area (Å²) < 4.78 is 1.04. The van der Waals surface area contributed by atoms with E-state index in [-0.39, 0.29) is 17.7 Å². The van der Waals surface area contributed by atoms with E-state index in [1.54, 1.807) is 0 Å². The molecule has 0 aromatic heterocycles. The van der Waals surface area contributed by atoms with Crippen molar-refractivity contribution in [2.45, 2.75) is 38.8 Å². The van der Waals surface area contributed by atoms with Crippen molar-refractivity contribution in [2.24, 2.45) is 0 Å². The molecule has 26 heavy (non-hydrogen) atoms. The average molecular weight is 418 g/mol. The standard InChI is InChI=1S/C21H25BrN2O2/c1-3-19(17-9-11-18(22)12-10-17)23-14-21(26)24-20(15(2)25)13-16-7-5-4-6-8-16/h4-12,19-20,23H,3,13-14H2,1-2H3,(H,24,26)/p+1/t19-,20+/m1/s1. The first-order valence-electron chi connectivity index (χ1n) is 8.92. The van der Waals surface area contributed by atoms with Crippen molar-refractivity contribution in [1.29, 1.82) is 0 Å². The molecule has 0 fully saturated rings. The number of ketones is 1. The summed E-state index contributed by atoms with van der Waals surface area (Å²) >= 11 is 3.44. The van der Waals surface area contributed by atoms with E-state index >= 15 is 0 Å². The number of amides is 1. The van der Waals surface area contributed by atoms with Crippen LogP contribution >= 0.6 is 15.9 Å². The van der Waals surface area contributed by atoms with E-state index in [0.29, 0.717) is 13.0 Å². The highest BCUT2D eigenvalue weighted by atomic mass is 79.9. The van der Waals surface area contributed by atoms with E-state index in [4.69, 9.17) is 0 Å². The Kier molecular flexibility index (Phi) is 8.01. The molecule has 3 N–H and O–H groups in total. The Morgan fingerprint density at radius 1 is 1.08 bits per heavy atom. The van der Waals surface area contributed by atoms with Gasteiger partial charge in [-0.1, -0.05) is 65.3 Å². The predicted molar refractivity (Wildman–Crippen MR) is 107 cm³/mol. The zero-order valence-corrected chi connectivity index (χ0v) is 16.8. The molecule has 4 nitrogen and oxygen atoms in total. The number of Topliss-reactive ketones (excluding diaryl/α,β-unsaturated/α-hetero) is 1. The lowest BCUT2D eigenvalue weighted by molar-refractivity contribution is -0.686. The van der Waals surface area contributed by atoms with Gasteiger partial charge in [-0.25, -0.2) is 0 Å². The van der Waals surface area contributed by atoms with Gasteiger partial charge in [0.15, 0.2) is 12.3 Å². The Bertz CT molecular complexity index is 717. The van der Waals surface area contributed by atoms with Crippen LogP contribution in [0.3, 0.4) is 0 Å². The van der Waals surface area contributed by atoms with Crippen molar-refractivity contribution in [1.82, 2.24) is 5.32 Å². The molecule has 1 amide bonds. The number of carbonyl (C=O) groups is 2. The van der Waals surface area contributed by atoms with Crippen molar-refractivity contribution < 1.29 is 14.9 Å². The Morgan fingerprint density at radius 2 is 1.73 bits per heavy atom. The summed E-state index contributed by atoms with van der Waals surface area (Å²) in [7, 11) is 0. The molecule has 0 heterocycles. The van der Waals surface area contributed by atoms with Crippen LogP contribution in [0.4, 0.5) is 0 Å². The van der Waals surface area contributed by atoms with E-state index < -0.39 is 6.04 Å². The molecule has 0 spiro atoms. The summed E-state index contributed by atoms with van der Waals surface area (Å²) in [5.74, 6) is -0.140. The molecular formula is C21H26BrN2O2+. The van der Waals surface area contributed by atoms with Crippen molar-refractivity contribution >= 4 is 27.6 Å². The number of hydrogen-bond donors (Lipinski definition) is 2. The van der Waals surface area contributed by atoms with Gasteiger partial charge in [-0.2, -0.15) is 0 Å². The number of quaternary nitrogens is 1. The molecule has 2 rings (SSSR count). The van der Waals surface area contributed by atoms with Crippen LogP contribution in [-0.4, -0.2) is 24.3 Å². The molecule has 0 aliphatic heterocycles. The number of carbonyl (C=O) groups excluding carboxylic acids is 2. The first-order valence-corrected chi connectivity index (χ1v) is 9.71. The monoisotopic (exact) mass is 417 g/mol. The van der Waals surface area contributed by atoms with Crippen LogP contribution in [0.15, 0.2) is 59.1 Å². The summed E-state index contributed by atoms with van der Waals surface area (Å²) in [5.41, 5.74) is 2.23. The van der Waals surface area contributed by atoms with Gasteiger partial charge in [0.05, 0.1) is 6.04 Å². The van der Waals surface area contributed by atoms with Crippen molar-refractivity contribution in [3.05, 3.63) is 70.2 Å². The maximum absolute atomic E-state index is 12.4. The van der Waals surface area contributed by atoms with Gasteiger partial charge in [0.2, 0.25) is 0 Å². The SMILES string of the molecule is CC[C@@H]([NH2+]CC(=O)N[C@@H](Cc1ccccc1)C(C)=O)c1ccc(Br)cc1. The molecule has 5 heteroatoms. The summed E-state index contributed by atoms with van der Waals surface area (Å²) in [5, 5.41) is 4.90. The van der Waals surface area contributed by atoms with Crippen LogP contribution in [0.1, 0.15) is 37.4 Å². The van der Waals surface area contributed by atoms with E-state index in [0.717, 1.165) is 16.5 Å². The second-order valence-electron chi connectivity index (χ2n) is 6.43. The van der Waals surface area contributed by atoms with Crippen molar-refractivity contribution in [3.63, 3.8) is 0 Å². The van der Waals surface area contributed by atoms with Crippen molar-refractivity contribution in [3.8, 4) is 0 Å². The number of nitrogens with one attached hydrogen (secondary N) is 1. The molecule has 2 aromatic rings. The van der Waals surface area contributed by atoms with Crippen LogP contribution in [0.25, 0.3) is 0 Å².